The van der Waals surface area contributed by atoms with E-state index in [0.717, 1.165) is 18.7 Å². The molecule has 2 aromatic heterocycles. The van der Waals surface area contributed by atoms with Gasteiger partial charge in [-0.1, -0.05) is 6.07 Å². The van der Waals surface area contributed by atoms with Crippen LogP contribution in [0.2, 0.25) is 0 Å². The Bertz CT molecular complexity index is 596. The molecule has 0 aliphatic carbocycles. The number of carbonyl (C=O) groups is 1. The van der Waals surface area contributed by atoms with Gasteiger partial charge in [0.05, 0.1) is 11.7 Å². The van der Waals surface area contributed by atoms with Crippen LogP contribution in [0.15, 0.2) is 35.8 Å². The van der Waals surface area contributed by atoms with E-state index in [1.54, 1.807) is 17.5 Å². The average molecular weight is 287 g/mol. The number of nitrogens with zero attached hydrogens (tertiary/aromatic N) is 2. The molecule has 0 unspecified atom stereocenters. The molecule has 20 heavy (non-hydrogen) atoms. The SMILES string of the molecule is C[C@H](NC(=O)N1CCc2sccc2C1)c1ccccn1. The normalized spacial score (nSPS) is 15.6. The molecule has 0 aromatic carbocycles. The van der Waals surface area contributed by atoms with Gasteiger partial charge in [0, 0.05) is 24.2 Å². The highest BCUT2D eigenvalue weighted by Crippen LogP contribution is 2.24. The summed E-state index contributed by atoms with van der Waals surface area (Å²) in [5.41, 5.74) is 2.16. The largest absolute Gasteiger partial charge is 0.330 e. The zero-order chi connectivity index (χ0) is 13.9. The number of urea groups is 1. The van der Waals surface area contributed by atoms with Crippen LogP contribution in [0.3, 0.4) is 0 Å². The van der Waals surface area contributed by atoms with E-state index in [4.69, 9.17) is 0 Å². The number of aromatic nitrogens is 1. The maximum Gasteiger partial charge on any atom is 0.318 e. The van der Waals surface area contributed by atoms with Crippen molar-refractivity contribution >= 4 is 17.4 Å². The number of rotatable bonds is 2. The first-order valence-corrected chi connectivity index (χ1v) is 7.63. The molecule has 104 valence electrons. The van der Waals surface area contributed by atoms with Crippen molar-refractivity contribution in [2.45, 2.75) is 25.9 Å². The van der Waals surface area contributed by atoms with Gasteiger partial charge in [-0.25, -0.2) is 4.79 Å². The minimum absolute atomic E-state index is 0.0139. The van der Waals surface area contributed by atoms with E-state index in [2.05, 4.69) is 21.7 Å². The van der Waals surface area contributed by atoms with E-state index in [1.165, 1.54) is 10.4 Å². The first-order chi connectivity index (χ1) is 9.74. The number of thiophene rings is 1. The monoisotopic (exact) mass is 287 g/mol. The van der Waals surface area contributed by atoms with Gasteiger partial charge >= 0.3 is 6.03 Å². The molecule has 1 aliphatic rings. The van der Waals surface area contributed by atoms with Gasteiger partial charge in [0.2, 0.25) is 0 Å². The smallest absolute Gasteiger partial charge is 0.318 e. The summed E-state index contributed by atoms with van der Waals surface area (Å²) >= 11 is 1.78. The first kappa shape index (κ1) is 13.1. The van der Waals surface area contributed by atoms with Crippen LogP contribution in [-0.2, 0) is 13.0 Å². The van der Waals surface area contributed by atoms with Crippen LogP contribution in [0.4, 0.5) is 4.79 Å². The Kier molecular flexibility index (Phi) is 3.69. The summed E-state index contributed by atoms with van der Waals surface area (Å²) in [6, 6.07) is 7.76. The standard InChI is InChI=1S/C15H17N3OS/c1-11(13-4-2-3-7-16-13)17-15(19)18-8-5-14-12(10-18)6-9-20-14/h2-4,6-7,9,11H,5,8,10H2,1H3,(H,17,19)/t11-/m0/s1. The van der Waals surface area contributed by atoms with Gasteiger partial charge in [0.1, 0.15) is 0 Å². The Labute approximate surface area is 122 Å². The number of hydrogen-bond acceptors (Lipinski definition) is 3. The highest BCUT2D eigenvalue weighted by molar-refractivity contribution is 7.10. The summed E-state index contributed by atoms with van der Waals surface area (Å²) in [5, 5.41) is 5.12. The Hall–Kier alpha value is -1.88. The number of amides is 2. The van der Waals surface area contributed by atoms with E-state index < -0.39 is 0 Å². The van der Waals surface area contributed by atoms with Crippen molar-refractivity contribution in [3.8, 4) is 0 Å². The Morgan fingerprint density at radius 3 is 3.15 bits per heavy atom. The van der Waals surface area contributed by atoms with Crippen LogP contribution in [0.1, 0.15) is 29.1 Å². The van der Waals surface area contributed by atoms with E-state index in [-0.39, 0.29) is 12.1 Å². The fourth-order valence-corrected chi connectivity index (χ4v) is 3.29. The molecule has 5 heteroatoms. The zero-order valence-electron chi connectivity index (χ0n) is 11.4. The molecule has 3 rings (SSSR count). The van der Waals surface area contributed by atoms with Gasteiger partial charge in [-0.2, -0.15) is 0 Å². The zero-order valence-corrected chi connectivity index (χ0v) is 12.2. The molecule has 1 aliphatic heterocycles. The third-order valence-electron chi connectivity index (χ3n) is 3.57. The number of pyridine rings is 1. The van der Waals surface area contributed by atoms with Gasteiger partial charge in [-0.15, -0.1) is 11.3 Å². The highest BCUT2D eigenvalue weighted by atomic mass is 32.1. The molecule has 4 nitrogen and oxygen atoms in total. The van der Waals surface area contributed by atoms with Crippen molar-refractivity contribution in [3.05, 3.63) is 52.0 Å². The molecular weight excluding hydrogens is 270 g/mol. The fourth-order valence-electron chi connectivity index (χ4n) is 2.40. The summed E-state index contributed by atoms with van der Waals surface area (Å²) in [7, 11) is 0. The van der Waals surface area contributed by atoms with Crippen LogP contribution in [0.25, 0.3) is 0 Å². The van der Waals surface area contributed by atoms with Gasteiger partial charge in [0.15, 0.2) is 0 Å². The Morgan fingerprint density at radius 2 is 2.35 bits per heavy atom. The van der Waals surface area contributed by atoms with Crippen LogP contribution in [0.5, 0.6) is 0 Å². The van der Waals surface area contributed by atoms with Crippen LogP contribution in [0, 0.1) is 0 Å². The molecular formula is C15H17N3OS. The predicted octanol–water partition coefficient (Wildman–Crippen LogP) is 2.97. The van der Waals surface area contributed by atoms with Crippen LogP contribution < -0.4 is 5.32 Å². The summed E-state index contributed by atoms with van der Waals surface area (Å²) in [6.45, 7) is 3.45. The molecule has 2 aromatic rings. The molecule has 0 spiro atoms. The van der Waals surface area contributed by atoms with Crippen molar-refractivity contribution < 1.29 is 4.79 Å². The quantitative estimate of drug-likeness (QED) is 0.923. The second-order valence-electron chi connectivity index (χ2n) is 4.97. The second-order valence-corrected chi connectivity index (χ2v) is 5.97. The molecule has 0 fully saturated rings. The van der Waals surface area contributed by atoms with E-state index in [9.17, 15) is 4.79 Å². The number of hydrogen-bond donors (Lipinski definition) is 1. The van der Waals surface area contributed by atoms with Gasteiger partial charge in [0.25, 0.3) is 0 Å². The van der Waals surface area contributed by atoms with Crippen molar-refractivity contribution in [1.82, 2.24) is 15.2 Å². The molecule has 0 radical (unpaired) electrons. The Morgan fingerprint density at radius 1 is 1.45 bits per heavy atom. The van der Waals surface area contributed by atoms with Gasteiger partial charge < -0.3 is 10.2 Å². The topological polar surface area (TPSA) is 45.2 Å². The van der Waals surface area contributed by atoms with Crippen molar-refractivity contribution in [2.75, 3.05) is 6.54 Å². The van der Waals surface area contributed by atoms with E-state index in [0.29, 0.717) is 6.54 Å². The fraction of sp³-hybridized carbons (Fsp3) is 0.333. The minimum atomic E-state index is -0.0763. The predicted molar refractivity (Wildman–Crippen MR) is 79.6 cm³/mol. The lowest BCUT2D eigenvalue weighted by atomic mass is 10.1. The molecule has 2 amide bonds. The average Bonchev–Trinajstić information content (AvgIpc) is 2.95. The summed E-state index contributed by atoms with van der Waals surface area (Å²) in [6.07, 6.45) is 2.70. The van der Waals surface area contributed by atoms with Crippen LogP contribution in [-0.4, -0.2) is 22.5 Å². The Balaban J connectivity index is 1.63. The highest BCUT2D eigenvalue weighted by Gasteiger charge is 2.22. The lowest BCUT2D eigenvalue weighted by molar-refractivity contribution is 0.189. The molecule has 1 atom stereocenters. The maximum absolute atomic E-state index is 12.3. The maximum atomic E-state index is 12.3. The van der Waals surface area contributed by atoms with Gasteiger partial charge in [-0.05, 0) is 42.5 Å². The molecule has 0 saturated carbocycles. The number of nitrogens with one attached hydrogen (secondary N) is 1. The van der Waals surface area contributed by atoms with Gasteiger partial charge in [-0.3, -0.25) is 4.98 Å². The van der Waals surface area contributed by atoms with Crippen LogP contribution >= 0.6 is 11.3 Å². The third-order valence-corrected chi connectivity index (χ3v) is 4.59. The minimum Gasteiger partial charge on any atom is -0.330 e. The second kappa shape index (κ2) is 5.63. The van der Waals surface area contributed by atoms with Crippen molar-refractivity contribution in [2.24, 2.45) is 0 Å². The summed E-state index contributed by atoms with van der Waals surface area (Å²) in [4.78, 5) is 19.9. The first-order valence-electron chi connectivity index (χ1n) is 6.75. The molecule has 3 heterocycles. The van der Waals surface area contributed by atoms with E-state index >= 15 is 0 Å². The molecule has 0 saturated heterocycles. The van der Waals surface area contributed by atoms with Crippen molar-refractivity contribution in [3.63, 3.8) is 0 Å². The van der Waals surface area contributed by atoms with E-state index in [1.807, 2.05) is 30.0 Å². The number of fused-ring (bicyclic) bond motifs is 1. The van der Waals surface area contributed by atoms with Crippen molar-refractivity contribution in [1.29, 1.82) is 0 Å². The third kappa shape index (κ3) is 2.67. The molecule has 1 N–H and O–H groups in total. The molecule has 0 bridgehead atoms. The summed E-state index contributed by atoms with van der Waals surface area (Å²) < 4.78 is 0. The lowest BCUT2D eigenvalue weighted by Gasteiger charge is -2.28. The summed E-state index contributed by atoms with van der Waals surface area (Å²) in [5.74, 6) is 0. The lowest BCUT2D eigenvalue weighted by Crippen LogP contribution is -2.43. The number of carbonyl (C=O) groups excluding carboxylic acids is 1.